The second-order valence-corrected chi connectivity index (χ2v) is 6.83. The van der Waals surface area contributed by atoms with E-state index in [-0.39, 0.29) is 22.6 Å². The van der Waals surface area contributed by atoms with Crippen LogP contribution >= 0.6 is 0 Å². The largest absolute Gasteiger partial charge is 0.534 e. The van der Waals surface area contributed by atoms with Gasteiger partial charge in [-0.05, 0) is 17.7 Å². The molecule has 0 aromatic heterocycles. The molecule has 2 amide bonds. The molecule has 1 fully saturated rings. The highest BCUT2D eigenvalue weighted by molar-refractivity contribution is 7.95. The summed E-state index contributed by atoms with van der Waals surface area (Å²) >= 11 is 0. The molecule has 0 N–H and O–H groups in total. The lowest BCUT2D eigenvalue weighted by atomic mass is 10.2. The summed E-state index contributed by atoms with van der Waals surface area (Å²) < 4.78 is 29.1. The minimum Gasteiger partial charge on any atom is -0.427 e. The molecule has 9 heteroatoms. The van der Waals surface area contributed by atoms with Gasteiger partial charge in [-0.2, -0.15) is 0 Å². The minimum atomic E-state index is -3.71. The van der Waals surface area contributed by atoms with E-state index in [0.29, 0.717) is 10.6 Å². The van der Waals surface area contributed by atoms with Crippen molar-refractivity contribution in [1.82, 2.24) is 5.06 Å². The summed E-state index contributed by atoms with van der Waals surface area (Å²) in [6.45, 7) is -0.550. The Morgan fingerprint density at radius 2 is 1.78 bits per heavy atom. The third kappa shape index (κ3) is 2.70. The number of sulfone groups is 1. The number of imide groups is 1. The van der Waals surface area contributed by atoms with E-state index in [2.05, 4.69) is 4.84 Å². The quantitative estimate of drug-likeness (QED) is 0.599. The standard InChI is InChI=1S/C14H11NO7S/c16-12-5-6-13(17)15(12)22-14(18)21-8-10-7-9-3-1-2-4-11(9)23(10,19)20/h1-4,7H,5-6,8H2. The van der Waals surface area contributed by atoms with Gasteiger partial charge in [-0.25, -0.2) is 13.2 Å². The molecule has 120 valence electrons. The number of amides is 2. The van der Waals surface area contributed by atoms with Gasteiger partial charge in [-0.1, -0.05) is 23.3 Å². The molecule has 0 radical (unpaired) electrons. The highest BCUT2D eigenvalue weighted by atomic mass is 32.2. The van der Waals surface area contributed by atoms with Crippen LogP contribution in [0.1, 0.15) is 18.4 Å². The van der Waals surface area contributed by atoms with E-state index in [0.717, 1.165) is 0 Å². The van der Waals surface area contributed by atoms with E-state index in [1.54, 1.807) is 18.2 Å². The molecule has 0 atom stereocenters. The van der Waals surface area contributed by atoms with Crippen LogP contribution in [0, 0.1) is 0 Å². The van der Waals surface area contributed by atoms with E-state index in [1.807, 2.05) is 0 Å². The summed E-state index contributed by atoms with van der Waals surface area (Å²) in [5.41, 5.74) is 0.504. The van der Waals surface area contributed by atoms with Crippen molar-refractivity contribution in [1.29, 1.82) is 0 Å². The molecule has 0 saturated carbocycles. The molecule has 0 spiro atoms. The van der Waals surface area contributed by atoms with E-state index in [4.69, 9.17) is 4.74 Å². The van der Waals surface area contributed by atoms with Crippen LogP contribution in [0.5, 0.6) is 0 Å². The molecule has 3 rings (SSSR count). The summed E-state index contributed by atoms with van der Waals surface area (Å²) in [4.78, 5) is 38.6. The van der Waals surface area contributed by atoms with Gasteiger partial charge in [0.15, 0.2) is 0 Å². The van der Waals surface area contributed by atoms with Crippen LogP contribution in [0.25, 0.3) is 6.08 Å². The SMILES string of the molecule is O=C(OCC1=Cc2ccccc2S1(=O)=O)ON1C(=O)CCC1=O. The van der Waals surface area contributed by atoms with Crippen LogP contribution in [0.2, 0.25) is 0 Å². The molecule has 0 bridgehead atoms. The Morgan fingerprint density at radius 1 is 1.13 bits per heavy atom. The average Bonchev–Trinajstić information content (AvgIpc) is 2.96. The van der Waals surface area contributed by atoms with Crippen LogP contribution in [0.15, 0.2) is 34.1 Å². The molecule has 0 unspecified atom stereocenters. The lowest BCUT2D eigenvalue weighted by molar-refractivity contribution is -0.176. The fourth-order valence-corrected chi connectivity index (χ4v) is 3.72. The van der Waals surface area contributed by atoms with Gasteiger partial charge in [0.05, 0.1) is 9.80 Å². The number of hydrogen-bond acceptors (Lipinski definition) is 7. The van der Waals surface area contributed by atoms with Crippen LogP contribution in [-0.4, -0.2) is 38.1 Å². The molecular formula is C14H11NO7S. The lowest BCUT2D eigenvalue weighted by Crippen LogP contribution is -2.32. The molecular weight excluding hydrogens is 326 g/mol. The van der Waals surface area contributed by atoms with Crippen molar-refractivity contribution >= 4 is 33.9 Å². The third-order valence-electron chi connectivity index (χ3n) is 3.37. The zero-order chi connectivity index (χ0) is 16.6. The Labute approximate surface area is 131 Å². The number of fused-ring (bicyclic) bond motifs is 1. The van der Waals surface area contributed by atoms with E-state index in [1.165, 1.54) is 12.1 Å². The zero-order valence-corrected chi connectivity index (χ0v) is 12.5. The number of hydroxylamine groups is 2. The van der Waals surface area contributed by atoms with Crippen LogP contribution in [0.3, 0.4) is 0 Å². The van der Waals surface area contributed by atoms with E-state index < -0.39 is 34.4 Å². The van der Waals surface area contributed by atoms with Crippen molar-refractivity contribution in [3.8, 4) is 0 Å². The first-order valence-corrected chi connectivity index (χ1v) is 8.13. The first kappa shape index (κ1) is 15.2. The number of carbonyl (C=O) groups excluding carboxylic acids is 3. The highest BCUT2D eigenvalue weighted by Gasteiger charge is 2.34. The smallest absolute Gasteiger partial charge is 0.427 e. The van der Waals surface area contributed by atoms with Gasteiger partial charge in [0.1, 0.15) is 6.61 Å². The average molecular weight is 337 g/mol. The maximum Gasteiger partial charge on any atom is 0.534 e. The fourth-order valence-electron chi connectivity index (χ4n) is 2.24. The summed E-state index contributed by atoms with van der Waals surface area (Å²) in [6, 6.07) is 6.36. The normalized spacial score (nSPS) is 18.6. The molecule has 2 aliphatic rings. The van der Waals surface area contributed by atoms with Crippen molar-refractivity contribution in [3.63, 3.8) is 0 Å². The molecule has 1 saturated heterocycles. The molecule has 23 heavy (non-hydrogen) atoms. The fraction of sp³-hybridized carbons (Fsp3) is 0.214. The predicted molar refractivity (Wildman–Crippen MR) is 75.1 cm³/mol. The van der Waals surface area contributed by atoms with Crippen molar-refractivity contribution < 1.29 is 32.4 Å². The van der Waals surface area contributed by atoms with Crippen molar-refractivity contribution in [2.24, 2.45) is 0 Å². The molecule has 8 nitrogen and oxygen atoms in total. The van der Waals surface area contributed by atoms with E-state index >= 15 is 0 Å². The van der Waals surface area contributed by atoms with Crippen molar-refractivity contribution in [3.05, 3.63) is 34.7 Å². The second kappa shape index (κ2) is 5.51. The topological polar surface area (TPSA) is 107 Å². The van der Waals surface area contributed by atoms with Gasteiger partial charge in [0.25, 0.3) is 11.8 Å². The van der Waals surface area contributed by atoms with Crippen molar-refractivity contribution in [2.75, 3.05) is 6.61 Å². The van der Waals surface area contributed by atoms with E-state index in [9.17, 15) is 22.8 Å². The third-order valence-corrected chi connectivity index (χ3v) is 5.25. The number of ether oxygens (including phenoxy) is 1. The monoisotopic (exact) mass is 337 g/mol. The Morgan fingerprint density at radius 3 is 2.43 bits per heavy atom. The number of rotatable bonds is 3. The Hall–Kier alpha value is -2.68. The molecule has 1 aromatic carbocycles. The number of nitrogens with zero attached hydrogens (tertiary/aromatic N) is 1. The van der Waals surface area contributed by atoms with Crippen LogP contribution in [-0.2, 0) is 29.0 Å². The predicted octanol–water partition coefficient (Wildman–Crippen LogP) is 1.03. The molecule has 1 aromatic rings. The Bertz CT molecular complexity index is 824. The second-order valence-electron chi connectivity index (χ2n) is 4.86. The lowest BCUT2D eigenvalue weighted by Gasteiger charge is -2.12. The zero-order valence-electron chi connectivity index (χ0n) is 11.7. The summed E-state index contributed by atoms with van der Waals surface area (Å²) in [6.07, 6.45) is -0.00731. The van der Waals surface area contributed by atoms with Gasteiger partial charge >= 0.3 is 6.16 Å². The van der Waals surface area contributed by atoms with Gasteiger partial charge in [-0.3, -0.25) is 14.4 Å². The first-order chi connectivity index (χ1) is 10.9. The summed E-state index contributed by atoms with van der Waals surface area (Å²) in [5, 5.41) is 0.328. The van der Waals surface area contributed by atoms with Gasteiger partial charge in [0, 0.05) is 12.8 Å². The summed E-state index contributed by atoms with van der Waals surface area (Å²) in [7, 11) is -3.71. The van der Waals surface area contributed by atoms with Crippen molar-refractivity contribution in [2.45, 2.75) is 17.7 Å². The van der Waals surface area contributed by atoms with Crippen LogP contribution in [0.4, 0.5) is 4.79 Å². The van der Waals surface area contributed by atoms with Gasteiger partial charge in [-0.15, -0.1) is 0 Å². The summed E-state index contributed by atoms with van der Waals surface area (Å²) in [5.74, 6) is -1.29. The Kier molecular flexibility index (Phi) is 3.64. The van der Waals surface area contributed by atoms with Gasteiger partial charge in [0.2, 0.25) is 9.84 Å². The first-order valence-electron chi connectivity index (χ1n) is 6.65. The maximum absolute atomic E-state index is 12.2. The molecule has 2 heterocycles. The Balaban J connectivity index is 1.65. The minimum absolute atomic E-state index is 0.0407. The number of hydrogen-bond donors (Lipinski definition) is 0. The number of benzene rings is 1. The maximum atomic E-state index is 12.2. The molecule has 0 aliphatic carbocycles. The van der Waals surface area contributed by atoms with Gasteiger partial charge < -0.3 is 4.74 Å². The molecule has 2 aliphatic heterocycles. The van der Waals surface area contributed by atoms with Crippen LogP contribution < -0.4 is 0 Å². The highest BCUT2D eigenvalue weighted by Crippen LogP contribution is 2.32. The number of carbonyl (C=O) groups is 3.